The van der Waals surface area contributed by atoms with E-state index in [0.29, 0.717) is 11.7 Å². The highest BCUT2D eigenvalue weighted by Gasteiger charge is 2.22. The van der Waals surface area contributed by atoms with Gasteiger partial charge in [-0.15, -0.1) is 0 Å². The molecule has 2 N–H and O–H groups in total. The number of thioether (sulfide) groups is 1. The quantitative estimate of drug-likeness (QED) is 0.534. The van der Waals surface area contributed by atoms with Crippen molar-refractivity contribution in [3.05, 3.63) is 0 Å². The minimum Gasteiger partial charge on any atom is -0.341 e. The van der Waals surface area contributed by atoms with Crippen LogP contribution < -0.4 is 5.32 Å². The highest BCUT2D eigenvalue weighted by Crippen LogP contribution is 2.15. The predicted molar refractivity (Wildman–Crippen MR) is 41.3 cm³/mol. The molecule has 0 unspecified atom stereocenters. The SMILES string of the molecule is CNC(=O)N1CCSC1=N. The van der Waals surface area contributed by atoms with Crippen molar-refractivity contribution in [3.63, 3.8) is 0 Å². The molecule has 56 valence electrons. The van der Waals surface area contributed by atoms with Gasteiger partial charge in [0.15, 0.2) is 5.17 Å². The summed E-state index contributed by atoms with van der Waals surface area (Å²) in [7, 11) is 1.57. The molecule has 0 saturated carbocycles. The van der Waals surface area contributed by atoms with Crippen LogP contribution in [-0.4, -0.2) is 35.4 Å². The Morgan fingerprint density at radius 1 is 1.90 bits per heavy atom. The zero-order valence-electron chi connectivity index (χ0n) is 5.68. The van der Waals surface area contributed by atoms with E-state index in [-0.39, 0.29) is 6.03 Å². The Balaban J connectivity index is 2.55. The highest BCUT2D eigenvalue weighted by molar-refractivity contribution is 8.14. The maximum atomic E-state index is 10.9. The average Bonchev–Trinajstić information content (AvgIpc) is 2.34. The minimum absolute atomic E-state index is 0.185. The van der Waals surface area contributed by atoms with Gasteiger partial charge >= 0.3 is 6.03 Å². The van der Waals surface area contributed by atoms with Crippen molar-refractivity contribution in [2.24, 2.45) is 0 Å². The number of amides is 2. The van der Waals surface area contributed by atoms with E-state index < -0.39 is 0 Å². The van der Waals surface area contributed by atoms with E-state index in [1.807, 2.05) is 0 Å². The van der Waals surface area contributed by atoms with Gasteiger partial charge in [0.2, 0.25) is 0 Å². The lowest BCUT2D eigenvalue weighted by Gasteiger charge is -2.12. The van der Waals surface area contributed by atoms with Crippen LogP contribution in [0.4, 0.5) is 4.79 Å². The van der Waals surface area contributed by atoms with Crippen LogP contribution >= 0.6 is 11.8 Å². The number of carbonyl (C=O) groups excluding carboxylic acids is 1. The molecule has 0 aromatic heterocycles. The first-order chi connectivity index (χ1) is 4.75. The molecule has 0 aromatic rings. The summed E-state index contributed by atoms with van der Waals surface area (Å²) in [6.07, 6.45) is 0. The number of rotatable bonds is 0. The van der Waals surface area contributed by atoms with Crippen molar-refractivity contribution < 1.29 is 4.79 Å². The van der Waals surface area contributed by atoms with Crippen molar-refractivity contribution in [1.82, 2.24) is 10.2 Å². The van der Waals surface area contributed by atoms with E-state index in [4.69, 9.17) is 5.41 Å². The first kappa shape index (κ1) is 7.40. The van der Waals surface area contributed by atoms with Crippen LogP contribution in [0.15, 0.2) is 0 Å². The summed E-state index contributed by atoms with van der Waals surface area (Å²) in [5.41, 5.74) is 0. The van der Waals surface area contributed by atoms with Gasteiger partial charge < -0.3 is 5.32 Å². The molecule has 0 radical (unpaired) electrons. The van der Waals surface area contributed by atoms with Gasteiger partial charge in [-0.25, -0.2) is 4.79 Å². The second-order valence-corrected chi connectivity index (χ2v) is 2.94. The summed E-state index contributed by atoms with van der Waals surface area (Å²) in [6.45, 7) is 0.656. The number of nitrogens with one attached hydrogen (secondary N) is 2. The van der Waals surface area contributed by atoms with Crippen LogP contribution in [0, 0.1) is 5.41 Å². The Kier molecular flexibility index (Phi) is 2.16. The van der Waals surface area contributed by atoms with Crippen LogP contribution in [0.2, 0.25) is 0 Å². The molecule has 4 nitrogen and oxygen atoms in total. The van der Waals surface area contributed by atoms with E-state index in [0.717, 1.165) is 5.75 Å². The Morgan fingerprint density at radius 3 is 3.00 bits per heavy atom. The van der Waals surface area contributed by atoms with Crippen LogP contribution in [0.25, 0.3) is 0 Å². The molecule has 10 heavy (non-hydrogen) atoms. The molecule has 0 atom stereocenters. The van der Waals surface area contributed by atoms with Gasteiger partial charge in [-0.3, -0.25) is 10.3 Å². The van der Waals surface area contributed by atoms with Gasteiger partial charge in [0.25, 0.3) is 0 Å². The Labute approximate surface area is 63.5 Å². The second kappa shape index (κ2) is 2.92. The summed E-state index contributed by atoms with van der Waals surface area (Å²) in [6, 6.07) is -0.185. The smallest absolute Gasteiger partial charge is 0.323 e. The zero-order chi connectivity index (χ0) is 7.56. The van der Waals surface area contributed by atoms with Crippen molar-refractivity contribution in [2.45, 2.75) is 0 Å². The molecule has 1 fully saturated rings. The normalized spacial score (nSPS) is 17.7. The van der Waals surface area contributed by atoms with E-state index in [1.54, 1.807) is 7.05 Å². The standard InChI is InChI=1S/C5H9N3OS/c1-7-5(9)8-2-3-10-4(8)6/h6H,2-3H2,1H3,(H,7,9). The molecule has 2 amide bonds. The summed E-state index contributed by atoms with van der Waals surface area (Å²) in [5.74, 6) is 0.840. The second-order valence-electron chi connectivity index (χ2n) is 1.86. The maximum absolute atomic E-state index is 10.9. The lowest BCUT2D eigenvalue weighted by atomic mass is 10.6. The van der Waals surface area contributed by atoms with Crippen molar-refractivity contribution >= 4 is 23.0 Å². The molecule has 1 heterocycles. The monoisotopic (exact) mass is 159 g/mol. The fourth-order valence-corrected chi connectivity index (χ4v) is 1.54. The number of nitrogens with zero attached hydrogens (tertiary/aromatic N) is 1. The number of amidine groups is 1. The molecule has 0 spiro atoms. The van der Waals surface area contributed by atoms with E-state index in [2.05, 4.69) is 5.32 Å². The van der Waals surface area contributed by atoms with Gasteiger partial charge in [0.05, 0.1) is 0 Å². The summed E-state index contributed by atoms with van der Waals surface area (Å²) in [4.78, 5) is 12.3. The fourth-order valence-electron chi connectivity index (χ4n) is 0.742. The Hall–Kier alpha value is -0.710. The third-order valence-electron chi connectivity index (χ3n) is 1.26. The predicted octanol–water partition coefficient (Wildman–Crippen LogP) is 0.309. The summed E-state index contributed by atoms with van der Waals surface area (Å²) >= 11 is 1.40. The third kappa shape index (κ3) is 1.23. The van der Waals surface area contributed by atoms with E-state index >= 15 is 0 Å². The summed E-state index contributed by atoms with van der Waals surface area (Å²) < 4.78 is 0. The highest BCUT2D eigenvalue weighted by atomic mass is 32.2. The maximum Gasteiger partial charge on any atom is 0.323 e. The van der Waals surface area contributed by atoms with Crippen molar-refractivity contribution in [2.75, 3.05) is 19.3 Å². The fraction of sp³-hybridized carbons (Fsp3) is 0.600. The average molecular weight is 159 g/mol. The van der Waals surface area contributed by atoms with Gasteiger partial charge in [-0.2, -0.15) is 0 Å². The minimum atomic E-state index is -0.185. The number of carbonyl (C=O) groups is 1. The first-order valence-corrected chi connectivity index (χ1v) is 3.95. The van der Waals surface area contributed by atoms with Crippen LogP contribution in [0.1, 0.15) is 0 Å². The molecule has 1 rings (SSSR count). The van der Waals surface area contributed by atoms with Gasteiger partial charge in [0, 0.05) is 19.3 Å². The molecular formula is C5H9N3OS. The molecule has 1 saturated heterocycles. The number of hydrogen-bond acceptors (Lipinski definition) is 3. The van der Waals surface area contributed by atoms with Gasteiger partial charge in [-0.05, 0) is 0 Å². The summed E-state index contributed by atoms with van der Waals surface area (Å²) in [5, 5.41) is 10.1. The third-order valence-corrected chi connectivity index (χ3v) is 2.14. The van der Waals surface area contributed by atoms with Crippen LogP contribution in [0.3, 0.4) is 0 Å². The van der Waals surface area contributed by atoms with Gasteiger partial charge in [-0.1, -0.05) is 11.8 Å². The Bertz CT molecular complexity index is 170. The lowest BCUT2D eigenvalue weighted by Crippen LogP contribution is -2.38. The Morgan fingerprint density at radius 2 is 2.60 bits per heavy atom. The van der Waals surface area contributed by atoms with Crippen LogP contribution in [-0.2, 0) is 0 Å². The number of urea groups is 1. The van der Waals surface area contributed by atoms with E-state index in [1.165, 1.54) is 16.7 Å². The molecule has 0 bridgehead atoms. The van der Waals surface area contributed by atoms with Crippen molar-refractivity contribution in [1.29, 1.82) is 5.41 Å². The molecule has 1 aliphatic rings. The lowest BCUT2D eigenvalue weighted by molar-refractivity contribution is 0.226. The molecule has 1 aliphatic heterocycles. The molecule has 5 heteroatoms. The first-order valence-electron chi connectivity index (χ1n) is 2.96. The molecule has 0 aromatic carbocycles. The number of hydrogen-bond donors (Lipinski definition) is 2. The molecular weight excluding hydrogens is 150 g/mol. The molecule has 0 aliphatic carbocycles. The zero-order valence-corrected chi connectivity index (χ0v) is 6.49. The van der Waals surface area contributed by atoms with Gasteiger partial charge in [0.1, 0.15) is 0 Å². The topological polar surface area (TPSA) is 56.2 Å². The largest absolute Gasteiger partial charge is 0.341 e. The van der Waals surface area contributed by atoms with Crippen molar-refractivity contribution in [3.8, 4) is 0 Å². The van der Waals surface area contributed by atoms with Crippen LogP contribution in [0.5, 0.6) is 0 Å². The van der Waals surface area contributed by atoms with E-state index in [9.17, 15) is 4.79 Å².